The largest absolute Gasteiger partial charge is 0.409 e. The van der Waals surface area contributed by atoms with Crippen molar-refractivity contribution < 1.29 is 10.0 Å². The molecule has 4 N–H and O–H groups in total. The zero-order chi connectivity index (χ0) is 16.1. The van der Waals surface area contributed by atoms with Gasteiger partial charge in [-0.25, -0.2) is 0 Å². The molecule has 1 rings (SSSR count). The molecule has 1 fully saturated rings. The number of amides is 1. The fourth-order valence-corrected chi connectivity index (χ4v) is 2.75. The number of hydrogen-bond acceptors (Lipinski definition) is 3. The number of oxime groups is 1. The minimum Gasteiger partial charge on any atom is -0.409 e. The quantitative estimate of drug-likeness (QED) is 0.245. The van der Waals surface area contributed by atoms with Crippen LogP contribution in [0.2, 0.25) is 0 Å². The van der Waals surface area contributed by atoms with Gasteiger partial charge in [0.25, 0.3) is 0 Å². The predicted octanol–water partition coefficient (Wildman–Crippen LogP) is 2.87. The molecule has 0 radical (unpaired) electrons. The summed E-state index contributed by atoms with van der Waals surface area (Å²) in [6, 6.07) is 0. The van der Waals surface area contributed by atoms with Crippen LogP contribution in [0.15, 0.2) is 5.16 Å². The third-order valence-corrected chi connectivity index (χ3v) is 5.04. The summed E-state index contributed by atoms with van der Waals surface area (Å²) in [5.74, 6) is 0.331. The first-order chi connectivity index (χ1) is 9.74. The Hall–Kier alpha value is -1.26. The second kappa shape index (κ2) is 7.14. The zero-order valence-corrected chi connectivity index (χ0v) is 13.9. The lowest BCUT2D eigenvalue weighted by atomic mass is 9.77. The molecule has 1 unspecified atom stereocenters. The lowest BCUT2D eigenvalue weighted by molar-refractivity contribution is -0.128. The number of nitrogens with two attached hydrogens (primary N) is 1. The SMILES string of the molecule is CC(CNC(=O)C1(C(N)=NO)CCCCCC1)C(C)(C)C. The topological polar surface area (TPSA) is 87.7 Å². The zero-order valence-electron chi connectivity index (χ0n) is 13.9. The molecule has 5 nitrogen and oxygen atoms in total. The number of carbonyl (C=O) groups excluding carboxylic acids is 1. The standard InChI is InChI=1S/C16H31N3O2/c1-12(15(2,3)4)11-18-14(20)16(13(17)19-21)9-7-5-6-8-10-16/h12,21H,5-11H2,1-4H3,(H2,17,19)(H,18,20). The van der Waals surface area contributed by atoms with E-state index in [1.807, 2.05) is 0 Å². The van der Waals surface area contributed by atoms with Crippen molar-refractivity contribution in [2.75, 3.05) is 6.54 Å². The highest BCUT2D eigenvalue weighted by atomic mass is 16.4. The fourth-order valence-electron chi connectivity index (χ4n) is 2.75. The summed E-state index contributed by atoms with van der Waals surface area (Å²) in [4.78, 5) is 12.7. The molecule has 1 amide bonds. The number of carbonyl (C=O) groups is 1. The van der Waals surface area contributed by atoms with Crippen molar-refractivity contribution in [3.05, 3.63) is 0 Å². The van der Waals surface area contributed by atoms with E-state index >= 15 is 0 Å². The molecule has 122 valence electrons. The van der Waals surface area contributed by atoms with Crippen molar-refractivity contribution in [1.29, 1.82) is 0 Å². The highest BCUT2D eigenvalue weighted by Crippen LogP contribution is 2.36. The summed E-state index contributed by atoms with van der Waals surface area (Å²) in [5.41, 5.74) is 5.19. The Bertz CT molecular complexity index is 377. The molecule has 0 aromatic carbocycles. The summed E-state index contributed by atoms with van der Waals surface area (Å²) in [7, 11) is 0. The first kappa shape index (κ1) is 17.8. The van der Waals surface area contributed by atoms with Crippen LogP contribution in [0.3, 0.4) is 0 Å². The Morgan fingerprint density at radius 1 is 1.29 bits per heavy atom. The molecule has 1 atom stereocenters. The van der Waals surface area contributed by atoms with E-state index in [1.165, 1.54) is 0 Å². The first-order valence-electron chi connectivity index (χ1n) is 8.00. The van der Waals surface area contributed by atoms with Crippen LogP contribution in [0.4, 0.5) is 0 Å². The fraction of sp³-hybridized carbons (Fsp3) is 0.875. The van der Waals surface area contributed by atoms with E-state index < -0.39 is 5.41 Å². The van der Waals surface area contributed by atoms with Gasteiger partial charge >= 0.3 is 0 Å². The average Bonchev–Trinajstić information content (AvgIpc) is 2.69. The molecule has 0 bridgehead atoms. The van der Waals surface area contributed by atoms with Gasteiger partial charge in [0.05, 0.1) is 0 Å². The normalized spacial score (nSPS) is 21.4. The van der Waals surface area contributed by atoms with Gasteiger partial charge < -0.3 is 16.3 Å². The molecule has 5 heteroatoms. The van der Waals surface area contributed by atoms with Crippen molar-refractivity contribution in [2.45, 2.75) is 66.2 Å². The number of nitrogens with zero attached hydrogens (tertiary/aromatic N) is 1. The maximum absolute atomic E-state index is 12.7. The molecule has 1 saturated carbocycles. The Kier molecular flexibility index (Phi) is 6.05. The summed E-state index contributed by atoms with van der Waals surface area (Å²) in [6.45, 7) is 9.23. The summed E-state index contributed by atoms with van der Waals surface area (Å²) in [5, 5.41) is 15.3. The third kappa shape index (κ3) is 4.35. The lowest BCUT2D eigenvalue weighted by Gasteiger charge is -2.32. The van der Waals surface area contributed by atoms with E-state index in [0.29, 0.717) is 25.3 Å². The Labute approximate surface area is 128 Å². The Balaban J connectivity index is 2.82. The highest BCUT2D eigenvalue weighted by Gasteiger charge is 2.43. The van der Waals surface area contributed by atoms with E-state index in [1.54, 1.807) is 0 Å². The van der Waals surface area contributed by atoms with Gasteiger partial charge in [0, 0.05) is 6.54 Å². The summed E-state index contributed by atoms with van der Waals surface area (Å²) in [6.07, 6.45) is 5.42. The van der Waals surface area contributed by atoms with Gasteiger partial charge in [0.2, 0.25) is 5.91 Å². The smallest absolute Gasteiger partial charge is 0.233 e. The van der Waals surface area contributed by atoms with Gasteiger partial charge in [-0.05, 0) is 24.2 Å². The van der Waals surface area contributed by atoms with Crippen LogP contribution in [-0.4, -0.2) is 23.5 Å². The molecule has 1 aliphatic rings. The highest BCUT2D eigenvalue weighted by molar-refractivity contribution is 6.06. The van der Waals surface area contributed by atoms with E-state index in [9.17, 15) is 4.79 Å². The second-order valence-electron chi connectivity index (χ2n) is 7.46. The number of amidine groups is 1. The molecule has 21 heavy (non-hydrogen) atoms. The maximum atomic E-state index is 12.7. The minimum absolute atomic E-state index is 0.0605. The van der Waals surface area contributed by atoms with Crippen LogP contribution < -0.4 is 11.1 Å². The van der Waals surface area contributed by atoms with Gasteiger partial charge in [-0.1, -0.05) is 58.5 Å². The molecule has 0 heterocycles. The minimum atomic E-state index is -0.831. The van der Waals surface area contributed by atoms with Crippen molar-refractivity contribution in [1.82, 2.24) is 5.32 Å². The van der Waals surface area contributed by atoms with Gasteiger partial charge in [-0.15, -0.1) is 0 Å². The molecule has 0 aromatic rings. The Morgan fingerprint density at radius 3 is 2.24 bits per heavy atom. The summed E-state index contributed by atoms with van der Waals surface area (Å²) >= 11 is 0. The summed E-state index contributed by atoms with van der Waals surface area (Å²) < 4.78 is 0. The van der Waals surface area contributed by atoms with E-state index in [4.69, 9.17) is 10.9 Å². The van der Waals surface area contributed by atoms with Crippen molar-refractivity contribution >= 4 is 11.7 Å². The van der Waals surface area contributed by atoms with Crippen LogP contribution >= 0.6 is 0 Å². The second-order valence-corrected chi connectivity index (χ2v) is 7.46. The van der Waals surface area contributed by atoms with Crippen LogP contribution in [0.1, 0.15) is 66.2 Å². The lowest BCUT2D eigenvalue weighted by Crippen LogP contribution is -2.51. The third-order valence-electron chi connectivity index (χ3n) is 5.04. The monoisotopic (exact) mass is 297 g/mol. The van der Waals surface area contributed by atoms with Gasteiger partial charge in [-0.3, -0.25) is 4.79 Å². The first-order valence-corrected chi connectivity index (χ1v) is 8.00. The van der Waals surface area contributed by atoms with Crippen LogP contribution in [0.25, 0.3) is 0 Å². The van der Waals surface area contributed by atoms with Gasteiger partial charge in [0.1, 0.15) is 5.41 Å². The molecule has 1 aliphatic carbocycles. The maximum Gasteiger partial charge on any atom is 0.233 e. The van der Waals surface area contributed by atoms with E-state index in [2.05, 4.69) is 38.2 Å². The van der Waals surface area contributed by atoms with Gasteiger partial charge in [0.15, 0.2) is 5.84 Å². The average molecular weight is 297 g/mol. The molecule has 0 spiro atoms. The van der Waals surface area contributed by atoms with E-state index in [0.717, 1.165) is 25.7 Å². The molecule has 0 aromatic heterocycles. The van der Waals surface area contributed by atoms with Crippen LogP contribution in [0, 0.1) is 16.7 Å². The Morgan fingerprint density at radius 2 is 1.81 bits per heavy atom. The van der Waals surface area contributed by atoms with Crippen LogP contribution in [0.5, 0.6) is 0 Å². The molecular weight excluding hydrogens is 266 g/mol. The van der Waals surface area contributed by atoms with Crippen molar-refractivity contribution in [3.63, 3.8) is 0 Å². The molecular formula is C16H31N3O2. The van der Waals surface area contributed by atoms with Crippen LogP contribution in [-0.2, 0) is 4.79 Å². The van der Waals surface area contributed by atoms with Crippen molar-refractivity contribution in [2.24, 2.45) is 27.6 Å². The molecule has 0 aliphatic heterocycles. The van der Waals surface area contributed by atoms with Crippen molar-refractivity contribution in [3.8, 4) is 0 Å². The number of nitrogens with one attached hydrogen (secondary N) is 1. The number of hydrogen-bond donors (Lipinski definition) is 3. The predicted molar refractivity (Wildman–Crippen MR) is 85.2 cm³/mol. The van der Waals surface area contributed by atoms with Gasteiger partial charge in [-0.2, -0.15) is 0 Å². The number of rotatable bonds is 4. The van der Waals surface area contributed by atoms with E-state index in [-0.39, 0.29) is 17.2 Å². The molecule has 0 saturated heterocycles.